The molecule has 2 rings (SSSR count). The molecule has 0 saturated heterocycles. The van der Waals surface area contributed by atoms with Crippen LogP contribution in [0.1, 0.15) is 43.0 Å². The lowest BCUT2D eigenvalue weighted by molar-refractivity contribution is 0.988. The molecular formula is C19H25P. The summed E-state index contributed by atoms with van der Waals surface area (Å²) in [6.45, 7) is 6.85. The van der Waals surface area contributed by atoms with E-state index >= 15 is 0 Å². The van der Waals surface area contributed by atoms with Crippen LogP contribution in [0.25, 0.3) is 0 Å². The van der Waals surface area contributed by atoms with Gasteiger partial charge in [0.05, 0.1) is 0 Å². The van der Waals surface area contributed by atoms with Crippen LogP contribution >= 0.6 is 8.58 Å². The Morgan fingerprint density at radius 3 is 2.05 bits per heavy atom. The highest BCUT2D eigenvalue weighted by Crippen LogP contribution is 2.25. The van der Waals surface area contributed by atoms with Gasteiger partial charge in [-0.25, -0.2) is 0 Å². The van der Waals surface area contributed by atoms with Crippen molar-refractivity contribution in [1.29, 1.82) is 0 Å². The highest BCUT2D eigenvalue weighted by molar-refractivity contribution is 7.46. The molecule has 0 N–H and O–H groups in total. The maximum atomic E-state index is 2.37. The van der Waals surface area contributed by atoms with E-state index in [0.717, 1.165) is 27.8 Å². The lowest BCUT2D eigenvalue weighted by Crippen LogP contribution is -2.10. The minimum absolute atomic E-state index is 0.885. The molecular weight excluding hydrogens is 259 g/mol. The van der Waals surface area contributed by atoms with Crippen molar-refractivity contribution in [3.63, 3.8) is 0 Å². The van der Waals surface area contributed by atoms with E-state index in [9.17, 15) is 0 Å². The molecule has 0 nitrogen and oxygen atoms in total. The van der Waals surface area contributed by atoms with Crippen molar-refractivity contribution in [2.45, 2.75) is 46.2 Å². The molecule has 1 unspecified atom stereocenters. The minimum atomic E-state index is 0.885. The summed E-state index contributed by atoms with van der Waals surface area (Å²) in [5.74, 6) is 0. The average Bonchev–Trinajstić information content (AvgIpc) is 2.52. The van der Waals surface area contributed by atoms with E-state index in [2.05, 4.69) is 63.2 Å². The molecule has 20 heavy (non-hydrogen) atoms. The van der Waals surface area contributed by atoms with Crippen LogP contribution in [-0.4, -0.2) is 0 Å². The molecule has 106 valence electrons. The van der Waals surface area contributed by atoms with Gasteiger partial charge < -0.3 is 0 Å². The first-order valence-corrected chi connectivity index (χ1v) is 8.92. The van der Waals surface area contributed by atoms with Gasteiger partial charge in [0.1, 0.15) is 0 Å². The van der Waals surface area contributed by atoms with E-state index < -0.39 is 0 Å². The lowest BCUT2D eigenvalue weighted by atomic mass is 9.96. The lowest BCUT2D eigenvalue weighted by Gasteiger charge is -2.16. The second-order valence-corrected chi connectivity index (χ2v) is 6.37. The van der Waals surface area contributed by atoms with Crippen LogP contribution in [0.3, 0.4) is 0 Å². The quantitative estimate of drug-likeness (QED) is 0.663. The second kappa shape index (κ2) is 7.60. The Balaban J connectivity index is 2.23. The third-order valence-electron chi connectivity index (χ3n) is 3.94. The summed E-state index contributed by atoms with van der Waals surface area (Å²) in [6, 6.07) is 15.6. The zero-order chi connectivity index (χ0) is 14.4. The van der Waals surface area contributed by atoms with Gasteiger partial charge in [-0.1, -0.05) is 71.8 Å². The molecule has 0 spiro atoms. The summed E-state index contributed by atoms with van der Waals surface area (Å²) in [4.78, 5) is 0. The van der Waals surface area contributed by atoms with E-state index in [0.29, 0.717) is 0 Å². The second-order valence-electron chi connectivity index (χ2n) is 5.13. The molecule has 0 aliphatic carbocycles. The fourth-order valence-corrected chi connectivity index (χ4v) is 4.25. The van der Waals surface area contributed by atoms with Crippen molar-refractivity contribution in [2.75, 3.05) is 0 Å². The van der Waals surface area contributed by atoms with E-state index in [1.165, 1.54) is 17.3 Å². The van der Waals surface area contributed by atoms with Crippen molar-refractivity contribution in [3.8, 4) is 0 Å². The monoisotopic (exact) mass is 284 g/mol. The van der Waals surface area contributed by atoms with Gasteiger partial charge in [-0.05, 0) is 53.0 Å². The number of hydrogen-bond acceptors (Lipinski definition) is 0. The van der Waals surface area contributed by atoms with Crippen molar-refractivity contribution in [1.82, 2.24) is 0 Å². The maximum Gasteiger partial charge on any atom is -0.00601 e. The SMILES string of the molecule is CCc1ccc(PCc2ccccc2)c(CC)c1CC. The molecule has 0 amide bonds. The van der Waals surface area contributed by atoms with Gasteiger partial charge >= 0.3 is 0 Å². The average molecular weight is 284 g/mol. The molecule has 0 bridgehead atoms. The largest absolute Gasteiger partial charge is 0.0856 e. The number of benzene rings is 2. The molecule has 0 aromatic heterocycles. The first-order valence-electron chi connectivity index (χ1n) is 7.71. The van der Waals surface area contributed by atoms with Gasteiger partial charge in [0, 0.05) is 0 Å². The van der Waals surface area contributed by atoms with Crippen molar-refractivity contribution >= 4 is 13.9 Å². The Hall–Kier alpha value is -1.13. The first kappa shape index (κ1) is 15.3. The van der Waals surface area contributed by atoms with Crippen LogP contribution in [0.5, 0.6) is 0 Å². The van der Waals surface area contributed by atoms with E-state index in [1.807, 2.05) is 0 Å². The molecule has 0 aliphatic heterocycles. The molecule has 2 aromatic rings. The summed E-state index contributed by atoms with van der Waals surface area (Å²) >= 11 is 0. The fourth-order valence-electron chi connectivity index (χ4n) is 2.88. The highest BCUT2D eigenvalue weighted by atomic mass is 31.1. The molecule has 1 atom stereocenters. The predicted molar refractivity (Wildman–Crippen MR) is 92.7 cm³/mol. The van der Waals surface area contributed by atoms with Crippen molar-refractivity contribution in [3.05, 3.63) is 64.7 Å². The standard InChI is InChI=1S/C19H25P/c1-4-16-12-13-19(18(6-3)17(16)5-2)20-14-15-10-8-7-9-11-15/h7-13,20H,4-6,14H2,1-3H3. The Morgan fingerprint density at radius 2 is 1.45 bits per heavy atom. The van der Waals surface area contributed by atoms with Gasteiger partial charge in [-0.2, -0.15) is 0 Å². The Kier molecular flexibility index (Phi) is 5.80. The van der Waals surface area contributed by atoms with Gasteiger partial charge in [0.15, 0.2) is 0 Å². The predicted octanol–water partition coefficient (Wildman–Crippen LogP) is 4.88. The number of hydrogen-bond donors (Lipinski definition) is 0. The number of aryl methyl sites for hydroxylation is 1. The third-order valence-corrected chi connectivity index (χ3v) is 5.38. The van der Waals surface area contributed by atoms with E-state index in [-0.39, 0.29) is 0 Å². The zero-order valence-corrected chi connectivity index (χ0v) is 13.9. The molecule has 2 aromatic carbocycles. The van der Waals surface area contributed by atoms with Crippen molar-refractivity contribution in [2.24, 2.45) is 0 Å². The van der Waals surface area contributed by atoms with Crippen LogP contribution in [0.4, 0.5) is 0 Å². The molecule has 0 fully saturated rings. The maximum absolute atomic E-state index is 2.37. The summed E-state index contributed by atoms with van der Waals surface area (Å²) < 4.78 is 0. The van der Waals surface area contributed by atoms with Crippen LogP contribution in [0, 0.1) is 0 Å². The summed E-state index contributed by atoms with van der Waals surface area (Å²) in [5, 5.41) is 1.57. The summed E-state index contributed by atoms with van der Waals surface area (Å²) in [6.07, 6.45) is 4.64. The van der Waals surface area contributed by atoms with E-state index in [4.69, 9.17) is 0 Å². The van der Waals surface area contributed by atoms with Crippen LogP contribution in [-0.2, 0) is 25.4 Å². The van der Waals surface area contributed by atoms with Crippen LogP contribution < -0.4 is 5.30 Å². The van der Waals surface area contributed by atoms with Gasteiger partial charge in [-0.15, -0.1) is 0 Å². The van der Waals surface area contributed by atoms with Crippen LogP contribution in [0.15, 0.2) is 42.5 Å². The van der Waals surface area contributed by atoms with Gasteiger partial charge in [-0.3, -0.25) is 0 Å². The molecule has 0 aliphatic rings. The Morgan fingerprint density at radius 1 is 0.750 bits per heavy atom. The van der Waals surface area contributed by atoms with E-state index in [1.54, 1.807) is 16.4 Å². The smallest absolute Gasteiger partial charge is 0.00601 e. The zero-order valence-electron chi connectivity index (χ0n) is 12.9. The normalized spacial score (nSPS) is 11.3. The molecule has 0 heterocycles. The van der Waals surface area contributed by atoms with Crippen molar-refractivity contribution < 1.29 is 0 Å². The molecule has 0 radical (unpaired) electrons. The fraction of sp³-hybridized carbons (Fsp3) is 0.368. The van der Waals surface area contributed by atoms with Crippen LogP contribution in [0.2, 0.25) is 0 Å². The van der Waals surface area contributed by atoms with Gasteiger partial charge in [0.25, 0.3) is 0 Å². The Bertz CT molecular complexity index is 543. The summed E-state index contributed by atoms with van der Waals surface area (Å²) in [5.41, 5.74) is 6.21. The molecule has 1 heteroatoms. The minimum Gasteiger partial charge on any atom is -0.0856 e. The summed E-state index contributed by atoms with van der Waals surface area (Å²) in [7, 11) is 0.885. The first-order chi connectivity index (χ1) is 9.80. The van der Waals surface area contributed by atoms with Gasteiger partial charge in [0.2, 0.25) is 0 Å². The third kappa shape index (κ3) is 3.49. The highest BCUT2D eigenvalue weighted by Gasteiger charge is 2.09. The number of rotatable bonds is 6. The topological polar surface area (TPSA) is 0 Å². The Labute approximate surface area is 125 Å². The molecule has 0 saturated carbocycles.